The van der Waals surface area contributed by atoms with E-state index in [2.05, 4.69) is 20.5 Å². The molecule has 7 nitrogen and oxygen atoms in total. The molecule has 2 saturated heterocycles. The molecular formula is C15H25N5O2S. The number of amides is 2. The van der Waals surface area contributed by atoms with E-state index in [1.165, 1.54) is 5.75 Å². The maximum Gasteiger partial charge on any atom is 0.314 e. The molecular weight excluding hydrogens is 314 g/mol. The monoisotopic (exact) mass is 339 g/mol. The van der Waals surface area contributed by atoms with E-state index >= 15 is 0 Å². The quantitative estimate of drug-likeness (QED) is 0.785. The third-order valence-corrected chi connectivity index (χ3v) is 5.79. The fourth-order valence-electron chi connectivity index (χ4n) is 3.16. The Labute approximate surface area is 141 Å². The minimum atomic E-state index is -0.0883. The van der Waals surface area contributed by atoms with Gasteiger partial charge < -0.3 is 19.9 Å². The maximum atomic E-state index is 12.1. The number of hydrogen-bond acceptors (Lipinski definition) is 5. The van der Waals surface area contributed by atoms with Crippen molar-refractivity contribution in [2.75, 3.05) is 50.9 Å². The minimum Gasteiger partial charge on any atom is -0.379 e. The molecule has 1 aromatic heterocycles. The Balaban J connectivity index is 1.43. The molecule has 3 rings (SSSR count). The van der Waals surface area contributed by atoms with Crippen LogP contribution in [-0.2, 0) is 11.3 Å². The van der Waals surface area contributed by atoms with Crippen molar-refractivity contribution in [2.45, 2.75) is 18.5 Å². The molecule has 2 amide bonds. The Morgan fingerprint density at radius 1 is 1.35 bits per heavy atom. The SMILES string of the molecule is O=C(NCCn1ccnc1)NC[C@@]1(N2CCOCC2)CCSC1. The number of aromatic nitrogens is 2. The highest BCUT2D eigenvalue weighted by atomic mass is 32.2. The number of morpholine rings is 1. The minimum absolute atomic E-state index is 0.0883. The van der Waals surface area contributed by atoms with Gasteiger partial charge in [0, 0.05) is 56.4 Å². The molecule has 8 heteroatoms. The van der Waals surface area contributed by atoms with Crippen molar-refractivity contribution in [2.24, 2.45) is 0 Å². The van der Waals surface area contributed by atoms with Crippen LogP contribution in [0.1, 0.15) is 6.42 Å². The summed E-state index contributed by atoms with van der Waals surface area (Å²) in [6.07, 6.45) is 6.52. The lowest BCUT2D eigenvalue weighted by molar-refractivity contribution is -0.0124. The molecule has 0 saturated carbocycles. The van der Waals surface area contributed by atoms with Crippen LogP contribution >= 0.6 is 11.8 Å². The number of imidazole rings is 1. The Morgan fingerprint density at radius 3 is 2.91 bits per heavy atom. The number of nitrogens with one attached hydrogen (secondary N) is 2. The van der Waals surface area contributed by atoms with E-state index in [0.29, 0.717) is 13.1 Å². The van der Waals surface area contributed by atoms with E-state index < -0.39 is 0 Å². The predicted molar refractivity (Wildman–Crippen MR) is 90.7 cm³/mol. The van der Waals surface area contributed by atoms with E-state index in [1.807, 2.05) is 22.5 Å². The number of carbonyl (C=O) groups excluding carboxylic acids is 1. The summed E-state index contributed by atoms with van der Waals surface area (Å²) < 4.78 is 7.41. The Morgan fingerprint density at radius 2 is 2.22 bits per heavy atom. The van der Waals surface area contributed by atoms with Crippen molar-refractivity contribution in [1.29, 1.82) is 0 Å². The van der Waals surface area contributed by atoms with Crippen LogP contribution in [0.3, 0.4) is 0 Å². The smallest absolute Gasteiger partial charge is 0.314 e. The Bertz CT molecular complexity index is 484. The standard InChI is InChI=1S/C15H25N5O2S/c21-14(17-3-5-19-4-2-16-13-19)18-11-15(1-10-23-12-15)20-6-8-22-9-7-20/h2,4,13H,1,3,5-12H2,(H2,17,18,21)/t15-/m0/s1. The van der Waals surface area contributed by atoms with E-state index in [4.69, 9.17) is 4.74 Å². The first-order valence-corrected chi connectivity index (χ1v) is 9.32. The molecule has 0 spiro atoms. The van der Waals surface area contributed by atoms with Crippen molar-refractivity contribution in [3.05, 3.63) is 18.7 Å². The molecule has 0 bridgehead atoms. The highest BCUT2D eigenvalue weighted by Crippen LogP contribution is 2.33. The van der Waals surface area contributed by atoms with Crippen LogP contribution in [0.25, 0.3) is 0 Å². The van der Waals surface area contributed by atoms with Crippen molar-refractivity contribution in [1.82, 2.24) is 25.1 Å². The molecule has 0 aromatic carbocycles. The van der Waals surface area contributed by atoms with Gasteiger partial charge in [-0.05, 0) is 12.2 Å². The molecule has 1 aromatic rings. The van der Waals surface area contributed by atoms with E-state index in [-0.39, 0.29) is 11.6 Å². The highest BCUT2D eigenvalue weighted by Gasteiger charge is 2.40. The number of rotatable bonds is 6. The average Bonchev–Trinajstić information content (AvgIpc) is 3.26. The second-order valence-electron chi connectivity index (χ2n) is 6.04. The second-order valence-corrected chi connectivity index (χ2v) is 7.14. The van der Waals surface area contributed by atoms with Crippen LogP contribution in [0.4, 0.5) is 4.79 Å². The first-order valence-electron chi connectivity index (χ1n) is 8.17. The Hall–Kier alpha value is -1.25. The van der Waals surface area contributed by atoms with Crippen molar-refractivity contribution in [3.63, 3.8) is 0 Å². The van der Waals surface area contributed by atoms with Crippen LogP contribution in [0, 0.1) is 0 Å². The van der Waals surface area contributed by atoms with Gasteiger partial charge in [-0.1, -0.05) is 0 Å². The van der Waals surface area contributed by atoms with E-state index in [1.54, 1.807) is 12.5 Å². The Kier molecular flexibility index (Phi) is 5.80. The van der Waals surface area contributed by atoms with Gasteiger partial charge in [-0.3, -0.25) is 4.90 Å². The summed E-state index contributed by atoms with van der Waals surface area (Å²) >= 11 is 1.98. The molecule has 1 atom stereocenters. The van der Waals surface area contributed by atoms with Crippen LogP contribution in [0.15, 0.2) is 18.7 Å². The molecule has 128 valence electrons. The molecule has 0 unspecified atom stereocenters. The number of urea groups is 1. The van der Waals surface area contributed by atoms with Gasteiger partial charge in [0.1, 0.15) is 0 Å². The van der Waals surface area contributed by atoms with Gasteiger partial charge in [0.2, 0.25) is 0 Å². The zero-order chi connectivity index (χ0) is 16.0. The molecule has 2 aliphatic rings. The molecule has 2 fully saturated rings. The lowest BCUT2D eigenvalue weighted by atomic mass is 9.95. The van der Waals surface area contributed by atoms with Gasteiger partial charge in [-0.25, -0.2) is 9.78 Å². The lowest BCUT2D eigenvalue weighted by Gasteiger charge is -2.43. The van der Waals surface area contributed by atoms with Crippen molar-refractivity contribution < 1.29 is 9.53 Å². The summed E-state index contributed by atoms with van der Waals surface area (Å²) in [7, 11) is 0. The largest absolute Gasteiger partial charge is 0.379 e. The zero-order valence-electron chi connectivity index (χ0n) is 13.4. The van der Waals surface area contributed by atoms with Crippen LogP contribution < -0.4 is 10.6 Å². The normalized spacial score (nSPS) is 25.4. The van der Waals surface area contributed by atoms with Gasteiger partial charge >= 0.3 is 6.03 Å². The summed E-state index contributed by atoms with van der Waals surface area (Å²) in [4.78, 5) is 18.5. The van der Waals surface area contributed by atoms with Gasteiger partial charge in [-0.2, -0.15) is 11.8 Å². The lowest BCUT2D eigenvalue weighted by Crippen LogP contribution is -2.60. The first kappa shape index (κ1) is 16.6. The average molecular weight is 339 g/mol. The fraction of sp³-hybridized carbons (Fsp3) is 0.733. The van der Waals surface area contributed by atoms with Gasteiger partial charge in [-0.15, -0.1) is 0 Å². The molecule has 23 heavy (non-hydrogen) atoms. The number of carbonyl (C=O) groups is 1. The third kappa shape index (κ3) is 4.39. The van der Waals surface area contributed by atoms with E-state index in [0.717, 1.165) is 45.0 Å². The summed E-state index contributed by atoms with van der Waals surface area (Å²) in [5.74, 6) is 2.25. The van der Waals surface area contributed by atoms with E-state index in [9.17, 15) is 4.79 Å². The highest BCUT2D eigenvalue weighted by molar-refractivity contribution is 7.99. The topological polar surface area (TPSA) is 71.4 Å². The van der Waals surface area contributed by atoms with Gasteiger partial charge in [0.25, 0.3) is 0 Å². The zero-order valence-corrected chi connectivity index (χ0v) is 14.2. The van der Waals surface area contributed by atoms with Crippen LogP contribution in [0.2, 0.25) is 0 Å². The van der Waals surface area contributed by atoms with Crippen LogP contribution in [0.5, 0.6) is 0 Å². The predicted octanol–water partition coefficient (Wildman–Crippen LogP) is 0.390. The maximum absolute atomic E-state index is 12.1. The van der Waals surface area contributed by atoms with Crippen LogP contribution in [-0.4, -0.2) is 76.9 Å². The van der Waals surface area contributed by atoms with Gasteiger partial charge in [0.15, 0.2) is 0 Å². The number of hydrogen-bond donors (Lipinski definition) is 2. The molecule has 0 radical (unpaired) electrons. The number of thioether (sulfide) groups is 1. The molecule has 3 heterocycles. The summed E-state index contributed by atoms with van der Waals surface area (Å²) in [5, 5.41) is 5.99. The molecule has 0 aliphatic carbocycles. The van der Waals surface area contributed by atoms with Gasteiger partial charge in [0.05, 0.1) is 19.5 Å². The summed E-state index contributed by atoms with van der Waals surface area (Å²) in [6, 6.07) is -0.0883. The first-order chi connectivity index (χ1) is 11.3. The van der Waals surface area contributed by atoms with Crippen molar-refractivity contribution >= 4 is 17.8 Å². The summed E-state index contributed by atoms with van der Waals surface area (Å²) in [5.41, 5.74) is 0.0934. The van der Waals surface area contributed by atoms with Crippen molar-refractivity contribution in [3.8, 4) is 0 Å². The third-order valence-electron chi connectivity index (χ3n) is 4.56. The fourth-order valence-corrected chi connectivity index (χ4v) is 4.64. The number of nitrogens with zero attached hydrogens (tertiary/aromatic N) is 3. The molecule has 2 aliphatic heterocycles. The second kappa shape index (κ2) is 8.03. The number of ether oxygens (including phenoxy) is 1. The summed E-state index contributed by atoms with van der Waals surface area (Å²) in [6.45, 7) is 5.55. The molecule has 2 N–H and O–H groups in total.